The van der Waals surface area contributed by atoms with Gasteiger partial charge in [-0.25, -0.2) is 14.4 Å². The standard InChI is InChI=1S/C21H21FN6/c1-15(25-20-6-3-4-9-24-20)28-11-5-10-27(2)19-8-7-18(26-21(19)28)16-12-17(22)14-23-13-16/h3-4,6-9,12-14H,1,5,10-11H2,2H3,(H,24,25). The van der Waals surface area contributed by atoms with Crippen LogP contribution >= 0.6 is 0 Å². The van der Waals surface area contributed by atoms with Crippen LogP contribution in [0.15, 0.2) is 67.4 Å². The fraction of sp³-hybridized carbons (Fsp3) is 0.190. The number of nitrogens with zero attached hydrogens (tertiary/aromatic N) is 5. The molecular weight excluding hydrogens is 355 g/mol. The summed E-state index contributed by atoms with van der Waals surface area (Å²) in [5.74, 6) is 1.80. The van der Waals surface area contributed by atoms with Crippen molar-refractivity contribution in [1.82, 2.24) is 15.0 Å². The first-order valence-electron chi connectivity index (χ1n) is 9.09. The van der Waals surface area contributed by atoms with E-state index in [1.54, 1.807) is 12.4 Å². The van der Waals surface area contributed by atoms with Crippen molar-refractivity contribution in [3.63, 3.8) is 0 Å². The van der Waals surface area contributed by atoms with E-state index in [-0.39, 0.29) is 5.82 Å². The molecule has 28 heavy (non-hydrogen) atoms. The maximum Gasteiger partial charge on any atom is 0.158 e. The summed E-state index contributed by atoms with van der Waals surface area (Å²) in [6.07, 6.45) is 5.48. The van der Waals surface area contributed by atoms with E-state index in [4.69, 9.17) is 4.98 Å². The number of aromatic nitrogens is 3. The van der Waals surface area contributed by atoms with Gasteiger partial charge in [-0.1, -0.05) is 12.6 Å². The molecule has 0 amide bonds. The maximum atomic E-state index is 13.6. The highest BCUT2D eigenvalue weighted by atomic mass is 19.1. The number of anilines is 3. The van der Waals surface area contributed by atoms with Crippen LogP contribution in [-0.2, 0) is 0 Å². The first-order chi connectivity index (χ1) is 13.6. The zero-order valence-corrected chi connectivity index (χ0v) is 15.6. The van der Waals surface area contributed by atoms with E-state index in [1.807, 2.05) is 42.3 Å². The van der Waals surface area contributed by atoms with Gasteiger partial charge in [-0.3, -0.25) is 4.98 Å². The zero-order valence-electron chi connectivity index (χ0n) is 15.6. The van der Waals surface area contributed by atoms with E-state index in [9.17, 15) is 4.39 Å². The zero-order chi connectivity index (χ0) is 19.5. The van der Waals surface area contributed by atoms with Crippen LogP contribution in [0.2, 0.25) is 0 Å². The Bertz CT molecular complexity index is 991. The highest BCUT2D eigenvalue weighted by Gasteiger charge is 2.23. The lowest BCUT2D eigenvalue weighted by Crippen LogP contribution is -2.28. The summed E-state index contributed by atoms with van der Waals surface area (Å²) in [6.45, 7) is 5.86. The molecule has 142 valence electrons. The number of rotatable bonds is 4. The van der Waals surface area contributed by atoms with Gasteiger partial charge in [0.2, 0.25) is 0 Å². The fourth-order valence-corrected chi connectivity index (χ4v) is 3.26. The van der Waals surface area contributed by atoms with Crippen molar-refractivity contribution < 1.29 is 4.39 Å². The molecule has 0 saturated heterocycles. The molecule has 0 aliphatic carbocycles. The number of hydrogen-bond acceptors (Lipinski definition) is 6. The lowest BCUT2D eigenvalue weighted by atomic mass is 10.1. The minimum absolute atomic E-state index is 0.385. The van der Waals surface area contributed by atoms with Crippen LogP contribution in [0.25, 0.3) is 11.3 Å². The van der Waals surface area contributed by atoms with Crippen molar-refractivity contribution >= 4 is 17.3 Å². The second kappa shape index (κ2) is 7.64. The Morgan fingerprint density at radius 2 is 2.07 bits per heavy atom. The molecule has 4 heterocycles. The summed E-state index contributed by atoms with van der Waals surface area (Å²) in [5, 5.41) is 3.25. The molecule has 7 heteroatoms. The molecule has 3 aromatic heterocycles. The molecular formula is C21H21FN6. The van der Waals surface area contributed by atoms with E-state index in [0.717, 1.165) is 36.8 Å². The van der Waals surface area contributed by atoms with Gasteiger partial charge in [0.1, 0.15) is 17.5 Å². The number of halogens is 1. The van der Waals surface area contributed by atoms with Crippen LogP contribution < -0.4 is 15.1 Å². The molecule has 1 N–H and O–H groups in total. The first kappa shape index (κ1) is 17.9. The normalized spacial score (nSPS) is 13.6. The van der Waals surface area contributed by atoms with Gasteiger partial charge in [-0.15, -0.1) is 0 Å². The maximum absolute atomic E-state index is 13.6. The molecule has 0 bridgehead atoms. The van der Waals surface area contributed by atoms with Crippen molar-refractivity contribution in [2.24, 2.45) is 0 Å². The predicted octanol–water partition coefficient (Wildman–Crippen LogP) is 3.91. The third-order valence-corrected chi connectivity index (χ3v) is 4.66. The Morgan fingerprint density at radius 1 is 1.18 bits per heavy atom. The van der Waals surface area contributed by atoms with Crippen molar-refractivity contribution in [3.05, 3.63) is 73.2 Å². The quantitative estimate of drug-likeness (QED) is 0.745. The minimum atomic E-state index is -0.385. The molecule has 0 fully saturated rings. The van der Waals surface area contributed by atoms with E-state index >= 15 is 0 Å². The molecule has 1 aliphatic rings. The summed E-state index contributed by atoms with van der Waals surface area (Å²) in [4.78, 5) is 17.3. The lowest BCUT2D eigenvalue weighted by Gasteiger charge is -2.27. The van der Waals surface area contributed by atoms with Crippen molar-refractivity contribution in [2.75, 3.05) is 35.3 Å². The monoisotopic (exact) mass is 376 g/mol. The van der Waals surface area contributed by atoms with Gasteiger partial charge in [0.05, 0.1) is 17.6 Å². The SMILES string of the molecule is C=C(Nc1ccccn1)N1CCCN(C)c2ccc(-c3cncc(F)c3)nc21. The van der Waals surface area contributed by atoms with E-state index in [2.05, 4.69) is 26.8 Å². The summed E-state index contributed by atoms with van der Waals surface area (Å²) >= 11 is 0. The minimum Gasteiger partial charge on any atom is -0.372 e. The average Bonchev–Trinajstić information content (AvgIpc) is 2.87. The summed E-state index contributed by atoms with van der Waals surface area (Å²) in [7, 11) is 2.04. The predicted molar refractivity (Wildman–Crippen MR) is 110 cm³/mol. The van der Waals surface area contributed by atoms with Gasteiger partial charge in [0.25, 0.3) is 0 Å². The number of fused-ring (bicyclic) bond motifs is 1. The smallest absolute Gasteiger partial charge is 0.158 e. The largest absolute Gasteiger partial charge is 0.372 e. The number of hydrogen-bond donors (Lipinski definition) is 1. The van der Waals surface area contributed by atoms with Crippen LogP contribution in [0, 0.1) is 5.82 Å². The van der Waals surface area contributed by atoms with Crippen LogP contribution in [0.1, 0.15) is 6.42 Å². The second-order valence-electron chi connectivity index (χ2n) is 6.64. The molecule has 4 rings (SSSR count). The Labute approximate surface area is 163 Å². The molecule has 0 saturated carbocycles. The molecule has 6 nitrogen and oxygen atoms in total. The summed E-state index contributed by atoms with van der Waals surface area (Å²) in [6, 6.07) is 11.0. The van der Waals surface area contributed by atoms with E-state index in [0.29, 0.717) is 17.1 Å². The first-order valence-corrected chi connectivity index (χ1v) is 9.09. The highest BCUT2D eigenvalue weighted by molar-refractivity contribution is 5.75. The van der Waals surface area contributed by atoms with Gasteiger partial charge in [0, 0.05) is 38.1 Å². The van der Waals surface area contributed by atoms with Crippen LogP contribution in [-0.4, -0.2) is 35.1 Å². The average molecular weight is 376 g/mol. The van der Waals surface area contributed by atoms with Gasteiger partial charge in [0.15, 0.2) is 5.82 Å². The number of pyridine rings is 3. The van der Waals surface area contributed by atoms with Crippen molar-refractivity contribution in [1.29, 1.82) is 0 Å². The Kier molecular flexibility index (Phi) is 4.89. The van der Waals surface area contributed by atoms with E-state index < -0.39 is 0 Å². The third-order valence-electron chi connectivity index (χ3n) is 4.66. The fourth-order valence-electron chi connectivity index (χ4n) is 3.26. The molecule has 3 aromatic rings. The Balaban J connectivity index is 1.72. The third kappa shape index (κ3) is 3.64. The van der Waals surface area contributed by atoms with Crippen LogP contribution in [0.5, 0.6) is 0 Å². The number of nitrogens with one attached hydrogen (secondary N) is 1. The molecule has 1 aliphatic heterocycles. The molecule has 0 aromatic carbocycles. The van der Waals surface area contributed by atoms with Gasteiger partial charge in [-0.2, -0.15) is 0 Å². The van der Waals surface area contributed by atoms with Gasteiger partial charge in [-0.05, 0) is 36.8 Å². The topological polar surface area (TPSA) is 57.2 Å². The second-order valence-corrected chi connectivity index (χ2v) is 6.64. The van der Waals surface area contributed by atoms with Gasteiger partial charge >= 0.3 is 0 Å². The Morgan fingerprint density at radius 3 is 2.86 bits per heavy atom. The van der Waals surface area contributed by atoms with Crippen LogP contribution in [0.3, 0.4) is 0 Å². The van der Waals surface area contributed by atoms with Gasteiger partial charge < -0.3 is 15.1 Å². The summed E-state index contributed by atoms with van der Waals surface area (Å²) < 4.78 is 13.6. The Hall–Kier alpha value is -3.48. The highest BCUT2D eigenvalue weighted by Crippen LogP contribution is 2.34. The van der Waals surface area contributed by atoms with Crippen LogP contribution in [0.4, 0.5) is 21.7 Å². The van der Waals surface area contributed by atoms with Crippen molar-refractivity contribution in [2.45, 2.75) is 6.42 Å². The van der Waals surface area contributed by atoms with E-state index in [1.165, 1.54) is 12.3 Å². The molecule has 0 spiro atoms. The molecule has 0 unspecified atom stereocenters. The van der Waals surface area contributed by atoms with Crippen molar-refractivity contribution in [3.8, 4) is 11.3 Å². The molecule has 0 radical (unpaired) electrons. The summed E-state index contributed by atoms with van der Waals surface area (Å²) in [5.41, 5.74) is 2.30. The lowest BCUT2D eigenvalue weighted by molar-refractivity contribution is 0.622. The molecule has 0 atom stereocenters.